The van der Waals surface area contributed by atoms with E-state index in [1.165, 1.54) is 5.54 Å². The van der Waals surface area contributed by atoms with E-state index in [2.05, 4.69) is 17.3 Å². The van der Waals surface area contributed by atoms with Crippen LogP contribution in [0.25, 0.3) is 0 Å². The summed E-state index contributed by atoms with van der Waals surface area (Å²) in [5, 5.41) is 3.81. The minimum absolute atomic E-state index is 0.628. The van der Waals surface area contributed by atoms with Gasteiger partial charge in [-0.3, -0.25) is 0 Å². The summed E-state index contributed by atoms with van der Waals surface area (Å²) in [6, 6.07) is 0. The maximum atomic E-state index is 5.70. The second-order valence-electron chi connectivity index (χ2n) is 3.03. The summed E-state index contributed by atoms with van der Waals surface area (Å²) in [6.45, 7) is 4.19. The lowest BCUT2D eigenvalue weighted by Gasteiger charge is -2.15. The van der Waals surface area contributed by atoms with Crippen molar-refractivity contribution in [3.8, 4) is 0 Å². The van der Waals surface area contributed by atoms with E-state index in [4.69, 9.17) is 27.9 Å². The lowest BCUT2D eigenvalue weighted by Crippen LogP contribution is -2.31. The fourth-order valence-electron chi connectivity index (χ4n) is 0.875. The van der Waals surface area contributed by atoms with Crippen LogP contribution in [0.4, 0.5) is 0 Å². The average molecular weight is 241 g/mol. The van der Waals surface area contributed by atoms with Crippen molar-refractivity contribution in [3.63, 3.8) is 0 Å². The third kappa shape index (κ3) is 8.78. The van der Waals surface area contributed by atoms with E-state index < -0.39 is 0 Å². The maximum Gasteiger partial charge on any atom is 0.0589 e. The third-order valence-electron chi connectivity index (χ3n) is 1.76. The first-order valence-corrected chi connectivity index (χ1v) is 5.35. The Kier molecular flexibility index (Phi) is 9.88. The maximum absolute atomic E-state index is 5.70. The number of rotatable bonds is 8. The summed E-state index contributed by atoms with van der Waals surface area (Å²) in [4.78, 5) is 2.19. The number of halogens is 2. The molecule has 0 fully saturated rings. The number of nitrogens with zero attached hydrogens (tertiary/aromatic N) is 1. The van der Waals surface area contributed by atoms with E-state index in [0.717, 1.165) is 26.2 Å². The zero-order valence-corrected chi connectivity index (χ0v) is 10.2. The zero-order chi connectivity index (χ0) is 10.8. The van der Waals surface area contributed by atoms with Crippen molar-refractivity contribution < 1.29 is 4.74 Å². The van der Waals surface area contributed by atoms with Gasteiger partial charge in [-0.15, -0.1) is 0 Å². The molecule has 0 aromatic rings. The number of likely N-dealkylation sites (N-methyl/N-ethyl adjacent to an activating group) is 1. The Hall–Kier alpha value is 0.200. The van der Waals surface area contributed by atoms with Crippen LogP contribution in [-0.4, -0.2) is 51.8 Å². The van der Waals surface area contributed by atoms with E-state index in [-0.39, 0.29) is 0 Å². The Morgan fingerprint density at radius 3 is 2.79 bits per heavy atom. The molecule has 0 aromatic heterocycles. The minimum Gasteiger partial charge on any atom is -0.383 e. The molecule has 0 aliphatic carbocycles. The fraction of sp³-hybridized carbons (Fsp3) is 0.778. The van der Waals surface area contributed by atoms with Gasteiger partial charge in [0.1, 0.15) is 0 Å². The molecule has 14 heavy (non-hydrogen) atoms. The quantitative estimate of drug-likeness (QED) is 0.651. The highest BCUT2D eigenvalue weighted by atomic mass is 35.5. The van der Waals surface area contributed by atoms with Crippen LogP contribution in [-0.2, 0) is 4.74 Å². The molecular formula is C9H18Cl2N2O. The highest BCUT2D eigenvalue weighted by Crippen LogP contribution is 1.99. The third-order valence-corrected chi connectivity index (χ3v) is 2.38. The largest absolute Gasteiger partial charge is 0.383 e. The fourth-order valence-corrected chi connectivity index (χ4v) is 1.05. The first-order valence-electron chi connectivity index (χ1n) is 4.53. The molecule has 0 aliphatic rings. The molecule has 3 nitrogen and oxygen atoms in total. The Bertz CT molecular complexity index is 165. The van der Waals surface area contributed by atoms with Crippen LogP contribution >= 0.6 is 23.2 Å². The van der Waals surface area contributed by atoms with E-state index in [1.54, 1.807) is 7.11 Å². The number of hydrogen-bond donors (Lipinski definition) is 1. The van der Waals surface area contributed by atoms with Gasteiger partial charge in [-0.2, -0.15) is 0 Å². The molecule has 0 unspecified atom stereocenters. The number of hydrogen-bond acceptors (Lipinski definition) is 3. The molecule has 0 spiro atoms. The molecule has 0 radical (unpaired) electrons. The summed E-state index contributed by atoms with van der Waals surface area (Å²) in [6.07, 6.45) is 0. The van der Waals surface area contributed by atoms with Gasteiger partial charge >= 0.3 is 0 Å². The standard InChI is InChI=1S/C9H18Cl2N2O/c1-13(5-6-14-2)4-3-12-8-9(11)7-10/h7,12H,3-6,8H2,1-2H3. The van der Waals surface area contributed by atoms with Crippen LogP contribution in [0.3, 0.4) is 0 Å². The zero-order valence-electron chi connectivity index (χ0n) is 8.72. The molecule has 0 heterocycles. The molecule has 1 N–H and O–H groups in total. The molecule has 0 aliphatic heterocycles. The van der Waals surface area contributed by atoms with Crippen LogP contribution in [0.5, 0.6) is 0 Å². The lowest BCUT2D eigenvalue weighted by molar-refractivity contribution is 0.161. The summed E-state index contributed by atoms with van der Waals surface area (Å²) >= 11 is 11.1. The molecule has 0 atom stereocenters. The van der Waals surface area contributed by atoms with Crippen LogP contribution in [0.2, 0.25) is 0 Å². The number of methoxy groups -OCH3 is 1. The molecule has 0 saturated heterocycles. The van der Waals surface area contributed by atoms with E-state index in [9.17, 15) is 0 Å². The SMILES string of the molecule is COCCN(C)CCNCC(Cl)=CCl. The Balaban J connectivity index is 3.27. The minimum atomic E-state index is 0.628. The van der Waals surface area contributed by atoms with Crippen LogP contribution < -0.4 is 5.32 Å². The van der Waals surface area contributed by atoms with Crippen molar-refractivity contribution in [2.45, 2.75) is 0 Å². The summed E-state index contributed by atoms with van der Waals surface area (Å²) < 4.78 is 4.96. The van der Waals surface area contributed by atoms with Crippen molar-refractivity contribution >= 4 is 23.2 Å². The van der Waals surface area contributed by atoms with Crippen molar-refractivity contribution in [1.29, 1.82) is 0 Å². The monoisotopic (exact) mass is 240 g/mol. The predicted molar refractivity (Wildman–Crippen MR) is 62.0 cm³/mol. The molecule has 5 heteroatoms. The Morgan fingerprint density at radius 1 is 1.50 bits per heavy atom. The van der Waals surface area contributed by atoms with Gasteiger partial charge in [0.15, 0.2) is 0 Å². The predicted octanol–water partition coefficient (Wildman–Crippen LogP) is 1.47. The van der Waals surface area contributed by atoms with Gasteiger partial charge in [0, 0.05) is 43.9 Å². The summed E-state index contributed by atoms with van der Waals surface area (Å²) in [5.74, 6) is 0. The van der Waals surface area contributed by atoms with Crippen molar-refractivity contribution in [2.24, 2.45) is 0 Å². The molecule has 0 saturated carbocycles. The first kappa shape index (κ1) is 14.2. The highest BCUT2D eigenvalue weighted by Gasteiger charge is 1.97. The average Bonchev–Trinajstić information content (AvgIpc) is 2.21. The molecule has 0 bridgehead atoms. The van der Waals surface area contributed by atoms with Gasteiger partial charge in [0.05, 0.1) is 6.61 Å². The topological polar surface area (TPSA) is 24.5 Å². The van der Waals surface area contributed by atoms with Crippen LogP contribution in [0.1, 0.15) is 0 Å². The van der Waals surface area contributed by atoms with Crippen molar-refractivity contribution in [1.82, 2.24) is 10.2 Å². The second kappa shape index (κ2) is 9.74. The molecule has 0 rings (SSSR count). The van der Waals surface area contributed by atoms with Crippen molar-refractivity contribution in [3.05, 3.63) is 10.6 Å². The number of ether oxygens (including phenoxy) is 1. The van der Waals surface area contributed by atoms with E-state index in [1.807, 2.05) is 0 Å². The number of nitrogens with one attached hydrogen (secondary N) is 1. The van der Waals surface area contributed by atoms with Gasteiger partial charge in [0.25, 0.3) is 0 Å². The Morgan fingerprint density at radius 2 is 2.21 bits per heavy atom. The van der Waals surface area contributed by atoms with Gasteiger partial charge in [0.2, 0.25) is 0 Å². The first-order chi connectivity index (χ1) is 6.70. The van der Waals surface area contributed by atoms with Gasteiger partial charge in [-0.1, -0.05) is 23.2 Å². The highest BCUT2D eigenvalue weighted by molar-refractivity contribution is 6.36. The summed E-state index contributed by atoms with van der Waals surface area (Å²) in [7, 11) is 3.76. The van der Waals surface area contributed by atoms with Gasteiger partial charge < -0.3 is 15.0 Å². The molecule has 0 aromatic carbocycles. The van der Waals surface area contributed by atoms with E-state index in [0.29, 0.717) is 11.6 Å². The van der Waals surface area contributed by atoms with Gasteiger partial charge in [-0.25, -0.2) is 0 Å². The summed E-state index contributed by atoms with van der Waals surface area (Å²) in [5.41, 5.74) is 1.38. The van der Waals surface area contributed by atoms with Crippen molar-refractivity contribution in [2.75, 3.05) is 46.9 Å². The van der Waals surface area contributed by atoms with E-state index >= 15 is 0 Å². The lowest BCUT2D eigenvalue weighted by atomic mass is 10.5. The smallest absolute Gasteiger partial charge is 0.0589 e. The molecule has 0 amide bonds. The second-order valence-corrected chi connectivity index (χ2v) is 3.73. The van der Waals surface area contributed by atoms with Crippen LogP contribution in [0, 0.1) is 0 Å². The van der Waals surface area contributed by atoms with Crippen LogP contribution in [0.15, 0.2) is 10.6 Å². The molecule has 84 valence electrons. The normalized spacial score (nSPS) is 12.5. The Labute approximate surface area is 96.0 Å². The molecular weight excluding hydrogens is 223 g/mol. The van der Waals surface area contributed by atoms with Gasteiger partial charge in [-0.05, 0) is 7.05 Å².